The first-order valence-corrected chi connectivity index (χ1v) is 16.6. The number of benzene rings is 3. The number of ether oxygens (including phenoxy) is 2. The minimum atomic E-state index is -3.68. The number of amides is 2. The number of nitrogens with zero attached hydrogens (tertiary/aromatic N) is 2. The highest BCUT2D eigenvalue weighted by molar-refractivity contribution is 7.92. The first-order valence-electron chi connectivity index (χ1n) is 14.0. The molecule has 0 aromatic heterocycles. The number of sulfonamides is 1. The molecule has 43 heavy (non-hydrogen) atoms. The zero-order valence-corrected chi connectivity index (χ0v) is 26.4. The summed E-state index contributed by atoms with van der Waals surface area (Å²) < 4.78 is 38.0. The predicted octanol–water partition coefficient (Wildman–Crippen LogP) is 5.09. The summed E-state index contributed by atoms with van der Waals surface area (Å²) in [6.07, 6.45) is 1.60. The van der Waals surface area contributed by atoms with E-state index in [4.69, 9.17) is 32.7 Å². The predicted molar refractivity (Wildman–Crippen MR) is 168 cm³/mol. The Morgan fingerprint density at radius 1 is 0.977 bits per heavy atom. The number of hydrogen-bond donors (Lipinski definition) is 1. The summed E-state index contributed by atoms with van der Waals surface area (Å²) in [4.78, 5) is 28.8. The molecule has 1 heterocycles. The van der Waals surface area contributed by atoms with E-state index in [-0.39, 0.29) is 44.2 Å². The SMILES string of the molecule is CCNC(=O)[C@H](Cc1ccccc1)N(Cc1ccc(Cl)cc1Cl)C(=O)CCCN(c1ccc2c(c1)OCCO2)S(C)(=O)=O. The third kappa shape index (κ3) is 8.78. The van der Waals surface area contributed by atoms with Gasteiger partial charge < -0.3 is 19.7 Å². The number of carbonyl (C=O) groups is 2. The maximum Gasteiger partial charge on any atom is 0.243 e. The molecular formula is C31H35Cl2N3O6S. The molecule has 0 fully saturated rings. The summed E-state index contributed by atoms with van der Waals surface area (Å²) >= 11 is 12.6. The minimum absolute atomic E-state index is 0.00746. The maximum atomic E-state index is 13.9. The third-order valence-electron chi connectivity index (χ3n) is 6.94. The van der Waals surface area contributed by atoms with Crippen molar-refractivity contribution in [3.8, 4) is 11.5 Å². The third-order valence-corrected chi connectivity index (χ3v) is 8.72. The molecule has 12 heteroatoms. The highest BCUT2D eigenvalue weighted by Crippen LogP contribution is 2.35. The van der Waals surface area contributed by atoms with Crippen molar-refractivity contribution < 1.29 is 27.5 Å². The molecule has 0 saturated heterocycles. The fourth-order valence-corrected chi connectivity index (χ4v) is 6.30. The molecule has 230 valence electrons. The fourth-order valence-electron chi connectivity index (χ4n) is 4.87. The number of fused-ring (bicyclic) bond motifs is 1. The Morgan fingerprint density at radius 3 is 2.37 bits per heavy atom. The summed E-state index contributed by atoms with van der Waals surface area (Å²) in [5, 5.41) is 3.69. The standard InChI is InChI=1S/C31H35Cl2N3O6S/c1-3-34-31(38)27(18-22-8-5-4-6-9-22)35(21-23-11-12-24(32)19-26(23)33)30(37)10-7-15-36(43(2,39)40)25-13-14-28-29(20-25)42-17-16-41-28/h4-6,8-9,11-14,19-20,27H,3,7,10,15-18,21H2,1-2H3,(H,34,38)/t27-/m0/s1. The van der Waals surface area contributed by atoms with E-state index in [1.54, 1.807) is 36.4 Å². The minimum Gasteiger partial charge on any atom is -0.486 e. The molecule has 0 radical (unpaired) electrons. The van der Waals surface area contributed by atoms with E-state index in [0.29, 0.717) is 52.6 Å². The summed E-state index contributed by atoms with van der Waals surface area (Å²) in [6, 6.07) is 18.6. The van der Waals surface area contributed by atoms with Gasteiger partial charge in [0, 0.05) is 48.6 Å². The van der Waals surface area contributed by atoms with E-state index in [1.165, 1.54) is 9.21 Å². The summed E-state index contributed by atoms with van der Waals surface area (Å²) in [6.45, 7) is 3.12. The lowest BCUT2D eigenvalue weighted by Gasteiger charge is -2.32. The molecule has 0 saturated carbocycles. The number of hydrogen-bond acceptors (Lipinski definition) is 6. The van der Waals surface area contributed by atoms with Crippen LogP contribution in [0.3, 0.4) is 0 Å². The van der Waals surface area contributed by atoms with Gasteiger partial charge in [-0.15, -0.1) is 0 Å². The lowest BCUT2D eigenvalue weighted by molar-refractivity contribution is -0.141. The van der Waals surface area contributed by atoms with Crippen molar-refractivity contribution in [3.63, 3.8) is 0 Å². The van der Waals surface area contributed by atoms with Gasteiger partial charge in [0.15, 0.2) is 11.5 Å². The molecule has 1 N–H and O–H groups in total. The van der Waals surface area contributed by atoms with Gasteiger partial charge in [-0.05, 0) is 48.7 Å². The Morgan fingerprint density at radius 2 is 1.70 bits per heavy atom. The molecule has 3 aromatic carbocycles. The van der Waals surface area contributed by atoms with Crippen LogP contribution in [0.1, 0.15) is 30.9 Å². The van der Waals surface area contributed by atoms with Crippen LogP contribution in [0.15, 0.2) is 66.7 Å². The van der Waals surface area contributed by atoms with Crippen LogP contribution in [-0.4, -0.2) is 63.7 Å². The largest absolute Gasteiger partial charge is 0.486 e. The molecule has 9 nitrogen and oxygen atoms in total. The van der Waals surface area contributed by atoms with Gasteiger partial charge in [-0.25, -0.2) is 8.42 Å². The lowest BCUT2D eigenvalue weighted by Crippen LogP contribution is -2.50. The van der Waals surface area contributed by atoms with Crippen molar-refractivity contribution in [2.75, 3.05) is 36.9 Å². The van der Waals surface area contributed by atoms with Crippen molar-refractivity contribution in [2.45, 2.75) is 38.8 Å². The Balaban J connectivity index is 1.58. The quantitative estimate of drug-likeness (QED) is 0.277. The number of halogens is 2. The van der Waals surface area contributed by atoms with E-state index in [0.717, 1.165) is 11.8 Å². The average molecular weight is 649 g/mol. The maximum absolute atomic E-state index is 13.9. The number of rotatable bonds is 13. The molecule has 1 atom stereocenters. The molecule has 0 spiro atoms. The first kappa shape index (κ1) is 32.4. The monoisotopic (exact) mass is 647 g/mol. The Hall–Kier alpha value is -3.47. The van der Waals surface area contributed by atoms with Crippen LogP contribution in [0.25, 0.3) is 0 Å². The van der Waals surface area contributed by atoms with Gasteiger partial charge >= 0.3 is 0 Å². The Kier molecular flexibility index (Phi) is 11.2. The average Bonchev–Trinajstić information content (AvgIpc) is 2.97. The number of likely N-dealkylation sites (N-methyl/N-ethyl adjacent to an activating group) is 1. The second kappa shape index (κ2) is 14.8. The molecule has 0 bridgehead atoms. The molecule has 3 aromatic rings. The van der Waals surface area contributed by atoms with Gasteiger partial charge in [-0.3, -0.25) is 13.9 Å². The molecule has 4 rings (SSSR count). The van der Waals surface area contributed by atoms with Crippen LogP contribution in [0.2, 0.25) is 10.0 Å². The molecule has 1 aliphatic rings. The van der Waals surface area contributed by atoms with Crippen molar-refractivity contribution in [1.29, 1.82) is 0 Å². The van der Waals surface area contributed by atoms with Gasteiger partial charge in [0.2, 0.25) is 21.8 Å². The number of anilines is 1. The van der Waals surface area contributed by atoms with Crippen LogP contribution in [0, 0.1) is 0 Å². The van der Waals surface area contributed by atoms with Crippen molar-refractivity contribution in [2.24, 2.45) is 0 Å². The lowest BCUT2D eigenvalue weighted by atomic mass is 10.0. The molecule has 2 amide bonds. The van der Waals surface area contributed by atoms with Gasteiger partial charge in [0.1, 0.15) is 19.3 Å². The topological polar surface area (TPSA) is 105 Å². The smallest absolute Gasteiger partial charge is 0.243 e. The molecule has 0 unspecified atom stereocenters. The normalized spacial score (nSPS) is 13.2. The van der Waals surface area contributed by atoms with Crippen molar-refractivity contribution in [3.05, 3.63) is 87.9 Å². The van der Waals surface area contributed by atoms with E-state index < -0.39 is 16.1 Å². The first-order chi connectivity index (χ1) is 20.6. The number of nitrogens with one attached hydrogen (secondary N) is 1. The Labute approximate surface area is 262 Å². The number of carbonyl (C=O) groups excluding carboxylic acids is 2. The van der Waals surface area contributed by atoms with Gasteiger partial charge in [0.25, 0.3) is 0 Å². The van der Waals surface area contributed by atoms with Gasteiger partial charge in [-0.2, -0.15) is 0 Å². The van der Waals surface area contributed by atoms with E-state index in [1.807, 2.05) is 37.3 Å². The second-order valence-corrected chi connectivity index (χ2v) is 12.9. The molecule has 1 aliphatic heterocycles. The van der Waals surface area contributed by atoms with Crippen LogP contribution < -0.4 is 19.1 Å². The highest BCUT2D eigenvalue weighted by Gasteiger charge is 2.31. The van der Waals surface area contributed by atoms with Crippen molar-refractivity contribution in [1.82, 2.24) is 10.2 Å². The second-order valence-electron chi connectivity index (χ2n) is 10.1. The van der Waals surface area contributed by atoms with Gasteiger partial charge in [-0.1, -0.05) is 59.6 Å². The van der Waals surface area contributed by atoms with E-state index >= 15 is 0 Å². The van der Waals surface area contributed by atoms with E-state index in [9.17, 15) is 18.0 Å². The van der Waals surface area contributed by atoms with Gasteiger partial charge in [0.05, 0.1) is 11.9 Å². The van der Waals surface area contributed by atoms with Crippen LogP contribution in [0.5, 0.6) is 11.5 Å². The zero-order valence-electron chi connectivity index (χ0n) is 24.1. The van der Waals surface area contributed by atoms with Crippen molar-refractivity contribution >= 4 is 50.7 Å². The summed E-state index contributed by atoms with van der Waals surface area (Å²) in [5.41, 5.74) is 1.93. The Bertz CT molecular complexity index is 1540. The van der Waals surface area contributed by atoms with Crippen LogP contribution in [-0.2, 0) is 32.6 Å². The van der Waals surface area contributed by atoms with Crippen LogP contribution in [0.4, 0.5) is 5.69 Å². The van der Waals surface area contributed by atoms with E-state index in [2.05, 4.69) is 5.32 Å². The highest BCUT2D eigenvalue weighted by atomic mass is 35.5. The zero-order chi connectivity index (χ0) is 31.0. The molecular weight excluding hydrogens is 613 g/mol. The summed E-state index contributed by atoms with van der Waals surface area (Å²) in [7, 11) is -3.68. The fraction of sp³-hybridized carbons (Fsp3) is 0.355. The molecule has 0 aliphatic carbocycles. The summed E-state index contributed by atoms with van der Waals surface area (Å²) in [5.74, 6) is 0.405. The van der Waals surface area contributed by atoms with Crippen LogP contribution >= 0.6 is 23.2 Å².